The summed E-state index contributed by atoms with van der Waals surface area (Å²) in [7, 11) is 0. The first kappa shape index (κ1) is 14.9. The van der Waals surface area contributed by atoms with E-state index in [1.165, 1.54) is 11.3 Å². The summed E-state index contributed by atoms with van der Waals surface area (Å²) in [5, 5.41) is 4.54. The second-order valence-electron chi connectivity index (χ2n) is 6.05. The van der Waals surface area contributed by atoms with E-state index in [0.29, 0.717) is 6.54 Å². The molecule has 0 radical (unpaired) electrons. The molecule has 1 amide bonds. The van der Waals surface area contributed by atoms with Crippen LogP contribution in [0.1, 0.15) is 42.5 Å². The molecule has 0 saturated heterocycles. The van der Waals surface area contributed by atoms with Crippen molar-refractivity contribution in [1.82, 2.24) is 19.2 Å². The number of hydrogen-bond donors (Lipinski definition) is 0. The molecule has 0 spiro atoms. The van der Waals surface area contributed by atoms with Gasteiger partial charge in [0, 0.05) is 30.7 Å². The van der Waals surface area contributed by atoms with Crippen LogP contribution in [0.3, 0.4) is 0 Å². The summed E-state index contributed by atoms with van der Waals surface area (Å²) in [6.07, 6.45) is 3.04. The van der Waals surface area contributed by atoms with Gasteiger partial charge in [0.25, 0.3) is 0 Å². The van der Waals surface area contributed by atoms with Crippen LogP contribution in [0.15, 0.2) is 18.3 Å². The summed E-state index contributed by atoms with van der Waals surface area (Å²) in [4.78, 5) is 14.7. The van der Waals surface area contributed by atoms with Gasteiger partial charge in [0.2, 0.25) is 5.91 Å². The van der Waals surface area contributed by atoms with Gasteiger partial charge in [-0.15, -0.1) is 0 Å². The van der Waals surface area contributed by atoms with Crippen molar-refractivity contribution in [2.24, 2.45) is 0 Å². The maximum absolute atomic E-state index is 12.7. The van der Waals surface area contributed by atoms with E-state index in [4.69, 9.17) is 0 Å². The molecule has 5 nitrogen and oxygen atoms in total. The van der Waals surface area contributed by atoms with Gasteiger partial charge >= 0.3 is 0 Å². The highest BCUT2D eigenvalue weighted by atomic mass is 16.2. The molecule has 0 fully saturated rings. The molecule has 1 aliphatic heterocycles. The van der Waals surface area contributed by atoms with Crippen molar-refractivity contribution in [2.45, 2.75) is 53.2 Å². The molecule has 1 atom stereocenters. The molecular formula is C17H24N4O. The summed E-state index contributed by atoms with van der Waals surface area (Å²) in [6.45, 7) is 10.3. The highest BCUT2D eigenvalue weighted by molar-refractivity contribution is 5.76. The van der Waals surface area contributed by atoms with Gasteiger partial charge in [-0.3, -0.25) is 9.48 Å². The van der Waals surface area contributed by atoms with Crippen LogP contribution in [0.2, 0.25) is 0 Å². The monoisotopic (exact) mass is 300 g/mol. The average molecular weight is 300 g/mol. The van der Waals surface area contributed by atoms with Crippen molar-refractivity contribution in [2.75, 3.05) is 6.54 Å². The number of nitrogens with zero attached hydrogens (tertiary/aromatic N) is 4. The van der Waals surface area contributed by atoms with Gasteiger partial charge in [-0.05, 0) is 44.9 Å². The molecule has 118 valence electrons. The fraction of sp³-hybridized carbons (Fsp3) is 0.529. The zero-order valence-corrected chi connectivity index (χ0v) is 13.8. The molecule has 0 bridgehead atoms. The van der Waals surface area contributed by atoms with Gasteiger partial charge in [-0.25, -0.2) is 0 Å². The molecule has 3 heterocycles. The van der Waals surface area contributed by atoms with Crippen LogP contribution in [0.5, 0.6) is 0 Å². The number of rotatable bonds is 3. The van der Waals surface area contributed by atoms with Gasteiger partial charge in [0.1, 0.15) is 6.54 Å². The fourth-order valence-electron chi connectivity index (χ4n) is 3.54. The maximum Gasteiger partial charge on any atom is 0.244 e. The lowest BCUT2D eigenvalue weighted by molar-refractivity contribution is -0.135. The first-order valence-electron chi connectivity index (χ1n) is 8.00. The number of fused-ring (bicyclic) bond motifs is 1. The first-order valence-corrected chi connectivity index (χ1v) is 8.00. The first-order chi connectivity index (χ1) is 10.5. The van der Waals surface area contributed by atoms with Crippen molar-refractivity contribution in [3.8, 4) is 0 Å². The van der Waals surface area contributed by atoms with Crippen molar-refractivity contribution >= 4 is 5.91 Å². The minimum Gasteiger partial charge on any atom is -0.348 e. The molecule has 2 aromatic rings. The molecule has 22 heavy (non-hydrogen) atoms. The van der Waals surface area contributed by atoms with Gasteiger partial charge in [-0.2, -0.15) is 5.10 Å². The molecule has 3 rings (SSSR count). The molecule has 2 aromatic heterocycles. The maximum atomic E-state index is 12.7. The number of carbonyl (C=O) groups excluding carboxylic acids is 1. The SMILES string of the molecule is CCc1c(C)nn(CC(=O)N2CCn3cccc3[C@H]2C)c1C. The Labute approximate surface area is 131 Å². The Morgan fingerprint density at radius 1 is 1.36 bits per heavy atom. The number of hydrogen-bond acceptors (Lipinski definition) is 2. The Morgan fingerprint density at radius 3 is 2.82 bits per heavy atom. The predicted octanol–water partition coefficient (Wildman–Crippen LogP) is 2.47. The zero-order valence-electron chi connectivity index (χ0n) is 13.8. The summed E-state index contributed by atoms with van der Waals surface area (Å²) in [6, 6.07) is 4.27. The van der Waals surface area contributed by atoms with Gasteiger partial charge in [0.15, 0.2) is 0 Å². The van der Waals surface area contributed by atoms with Crippen LogP contribution in [0, 0.1) is 13.8 Å². The van der Waals surface area contributed by atoms with E-state index in [1.54, 1.807) is 0 Å². The van der Waals surface area contributed by atoms with E-state index in [-0.39, 0.29) is 11.9 Å². The van der Waals surface area contributed by atoms with Gasteiger partial charge in [0.05, 0.1) is 11.7 Å². The quantitative estimate of drug-likeness (QED) is 0.874. The number of aryl methyl sites for hydroxylation is 1. The topological polar surface area (TPSA) is 43.1 Å². The third-order valence-corrected chi connectivity index (χ3v) is 4.83. The lowest BCUT2D eigenvalue weighted by atomic mass is 10.1. The Balaban J connectivity index is 1.78. The highest BCUT2D eigenvalue weighted by Crippen LogP contribution is 2.25. The summed E-state index contributed by atoms with van der Waals surface area (Å²) < 4.78 is 4.09. The van der Waals surface area contributed by atoms with E-state index in [2.05, 4.69) is 42.7 Å². The van der Waals surface area contributed by atoms with Crippen LogP contribution in [-0.2, 0) is 24.3 Å². The van der Waals surface area contributed by atoms with Crippen LogP contribution < -0.4 is 0 Å². The summed E-state index contributed by atoms with van der Waals surface area (Å²) in [5.74, 6) is 0.146. The predicted molar refractivity (Wildman–Crippen MR) is 85.6 cm³/mol. The third-order valence-electron chi connectivity index (χ3n) is 4.83. The smallest absolute Gasteiger partial charge is 0.244 e. The molecular weight excluding hydrogens is 276 g/mol. The molecule has 0 aliphatic carbocycles. The number of amides is 1. The Bertz CT molecular complexity index is 698. The van der Waals surface area contributed by atoms with Crippen LogP contribution in [0.4, 0.5) is 0 Å². The molecule has 0 aromatic carbocycles. The normalized spacial score (nSPS) is 17.6. The Hall–Kier alpha value is -2.04. The van der Waals surface area contributed by atoms with Crippen LogP contribution in [-0.4, -0.2) is 31.7 Å². The largest absolute Gasteiger partial charge is 0.348 e. The molecule has 1 aliphatic rings. The molecule has 0 unspecified atom stereocenters. The van der Waals surface area contributed by atoms with Gasteiger partial charge < -0.3 is 9.47 Å². The lowest BCUT2D eigenvalue weighted by Gasteiger charge is -2.35. The van der Waals surface area contributed by atoms with E-state index < -0.39 is 0 Å². The van der Waals surface area contributed by atoms with E-state index >= 15 is 0 Å². The van der Waals surface area contributed by atoms with Crippen molar-refractivity contribution in [3.63, 3.8) is 0 Å². The Kier molecular flexibility index (Phi) is 3.81. The minimum atomic E-state index is 0.124. The molecule has 5 heteroatoms. The standard InChI is InChI=1S/C17H24N4O/c1-5-15-12(2)18-21(13(15)3)11-17(22)20-10-9-19-8-6-7-16(19)14(20)4/h6-8,14H,5,9-11H2,1-4H3/t14-/m1/s1. The van der Waals surface area contributed by atoms with Crippen molar-refractivity contribution in [1.29, 1.82) is 0 Å². The van der Waals surface area contributed by atoms with Crippen LogP contribution >= 0.6 is 0 Å². The molecule has 0 N–H and O–H groups in total. The summed E-state index contributed by atoms with van der Waals surface area (Å²) in [5.41, 5.74) is 4.62. The lowest BCUT2D eigenvalue weighted by Crippen LogP contribution is -2.42. The minimum absolute atomic E-state index is 0.124. The van der Waals surface area contributed by atoms with Crippen molar-refractivity contribution < 1.29 is 4.79 Å². The highest BCUT2D eigenvalue weighted by Gasteiger charge is 2.28. The third kappa shape index (κ3) is 2.34. The summed E-state index contributed by atoms with van der Waals surface area (Å²) >= 11 is 0. The fourth-order valence-corrected chi connectivity index (χ4v) is 3.54. The Morgan fingerprint density at radius 2 is 2.14 bits per heavy atom. The zero-order chi connectivity index (χ0) is 15.9. The van der Waals surface area contributed by atoms with Crippen molar-refractivity contribution in [3.05, 3.63) is 41.0 Å². The van der Waals surface area contributed by atoms with E-state index in [9.17, 15) is 4.79 Å². The van der Waals surface area contributed by atoms with E-state index in [0.717, 1.165) is 30.9 Å². The van der Waals surface area contributed by atoms with Gasteiger partial charge in [-0.1, -0.05) is 6.92 Å². The number of carbonyl (C=O) groups is 1. The number of aromatic nitrogens is 3. The van der Waals surface area contributed by atoms with E-state index in [1.807, 2.05) is 22.6 Å². The second kappa shape index (κ2) is 5.63. The second-order valence-corrected chi connectivity index (χ2v) is 6.05. The van der Waals surface area contributed by atoms with Crippen LogP contribution in [0.25, 0.3) is 0 Å². The molecule has 0 saturated carbocycles. The average Bonchev–Trinajstić information content (AvgIpc) is 3.05.